The third-order valence-electron chi connectivity index (χ3n) is 8.50. The van der Waals surface area contributed by atoms with Gasteiger partial charge in [0.1, 0.15) is 0 Å². The molecule has 0 bridgehead atoms. The number of hydrogen-bond acceptors (Lipinski definition) is 1. The molecule has 3 aliphatic rings. The average Bonchev–Trinajstić information content (AvgIpc) is 3.33. The summed E-state index contributed by atoms with van der Waals surface area (Å²) in [5.74, 6) is 0. The van der Waals surface area contributed by atoms with E-state index in [4.69, 9.17) is 0 Å². The van der Waals surface area contributed by atoms with Gasteiger partial charge in [0, 0.05) is 12.2 Å². The van der Waals surface area contributed by atoms with Crippen molar-refractivity contribution in [2.45, 2.75) is 87.6 Å². The Morgan fingerprint density at radius 3 is 1.67 bits per heavy atom. The summed E-state index contributed by atoms with van der Waals surface area (Å²) in [5.41, 5.74) is 4.28. The molecule has 0 N–H and O–H groups in total. The molecule has 2 fully saturated rings. The molecule has 1 atom stereocenters. The number of rotatable bonds is 9. The number of allylic oxidation sites excluding steroid dienone is 3. The molecular weight excluding hydrogens is 472 g/mol. The Morgan fingerprint density at radius 2 is 1.19 bits per heavy atom. The Labute approximate surface area is 223 Å². The summed E-state index contributed by atoms with van der Waals surface area (Å²) in [5, 5.41) is 4.89. The molecule has 2 aromatic rings. The van der Waals surface area contributed by atoms with Crippen LogP contribution in [0.3, 0.4) is 0 Å². The topological polar surface area (TPSA) is 3.24 Å². The summed E-state index contributed by atoms with van der Waals surface area (Å²) >= 11 is 0. The lowest BCUT2D eigenvalue weighted by Crippen LogP contribution is -2.28. The largest absolute Gasteiger partial charge is 0.309 e. The zero-order chi connectivity index (χ0) is 24.7. The van der Waals surface area contributed by atoms with E-state index < -0.39 is 7.92 Å². The molecule has 1 unspecified atom stereocenters. The Kier molecular flexibility index (Phi) is 9.52. The summed E-state index contributed by atoms with van der Waals surface area (Å²) in [6.45, 7) is 1.13. The van der Waals surface area contributed by atoms with Crippen LogP contribution in [-0.2, 0) is 0 Å². The van der Waals surface area contributed by atoms with Gasteiger partial charge in [-0.3, -0.25) is 0 Å². The van der Waals surface area contributed by atoms with Crippen molar-refractivity contribution in [3.63, 3.8) is 0 Å². The second kappa shape index (κ2) is 13.0. The summed E-state index contributed by atoms with van der Waals surface area (Å²) in [6.07, 6.45) is 21.2. The smallest absolute Gasteiger partial charge is 0.0242 e. The van der Waals surface area contributed by atoms with Gasteiger partial charge < -0.3 is 4.90 Å². The fraction of sp³-hybridized carbons (Fsp3) is 0.515. The molecule has 192 valence electrons. The van der Waals surface area contributed by atoms with E-state index in [1.165, 1.54) is 81.2 Å². The Hall–Kier alpha value is -1.26. The molecule has 2 aromatic carbocycles. The number of nitrogens with zero attached hydrogens (tertiary/aromatic N) is 1. The van der Waals surface area contributed by atoms with Gasteiger partial charge in [-0.05, 0) is 86.9 Å². The SMILES string of the molecule is CN(C)CCC1=C(P(c2ccccc2)c2ccccc2)C(P(C2CCCCC2)C2CCCCC2)C=C1. The first kappa shape index (κ1) is 26.4. The Balaban J connectivity index is 1.61. The lowest BCUT2D eigenvalue weighted by Gasteiger charge is -2.43. The minimum absolute atomic E-state index is 0.0454. The van der Waals surface area contributed by atoms with E-state index in [1.807, 2.05) is 5.31 Å². The van der Waals surface area contributed by atoms with Gasteiger partial charge in [-0.2, -0.15) is 0 Å². The lowest BCUT2D eigenvalue weighted by atomic mass is 9.99. The maximum Gasteiger partial charge on any atom is 0.0242 e. The monoisotopic (exact) mass is 517 g/mol. The van der Waals surface area contributed by atoms with Crippen LogP contribution in [0.4, 0.5) is 0 Å². The first-order valence-corrected chi connectivity index (χ1v) is 17.3. The van der Waals surface area contributed by atoms with E-state index in [-0.39, 0.29) is 7.92 Å². The third kappa shape index (κ3) is 6.23. The minimum Gasteiger partial charge on any atom is -0.309 e. The van der Waals surface area contributed by atoms with Crippen molar-refractivity contribution >= 4 is 26.5 Å². The molecule has 0 spiro atoms. The van der Waals surface area contributed by atoms with Crippen molar-refractivity contribution in [2.24, 2.45) is 0 Å². The molecule has 1 nitrogen and oxygen atoms in total. The van der Waals surface area contributed by atoms with Crippen LogP contribution < -0.4 is 10.6 Å². The van der Waals surface area contributed by atoms with Crippen molar-refractivity contribution in [2.75, 3.05) is 20.6 Å². The van der Waals surface area contributed by atoms with E-state index in [9.17, 15) is 0 Å². The fourth-order valence-electron chi connectivity index (χ4n) is 6.74. The molecule has 3 heteroatoms. The van der Waals surface area contributed by atoms with Crippen LogP contribution >= 0.6 is 15.8 Å². The maximum absolute atomic E-state index is 2.72. The van der Waals surface area contributed by atoms with Crippen LogP contribution in [0, 0.1) is 0 Å². The van der Waals surface area contributed by atoms with Crippen LogP contribution in [0.25, 0.3) is 0 Å². The van der Waals surface area contributed by atoms with E-state index in [2.05, 4.69) is 91.8 Å². The molecule has 0 aromatic heterocycles. The van der Waals surface area contributed by atoms with Crippen LogP contribution in [0.15, 0.2) is 83.7 Å². The summed E-state index contributed by atoms with van der Waals surface area (Å²) < 4.78 is 0. The van der Waals surface area contributed by atoms with Crippen LogP contribution in [0.2, 0.25) is 0 Å². The maximum atomic E-state index is 2.72. The minimum atomic E-state index is -0.521. The molecule has 3 aliphatic carbocycles. The van der Waals surface area contributed by atoms with Crippen LogP contribution in [-0.4, -0.2) is 42.5 Å². The molecule has 5 rings (SSSR count). The predicted octanol–water partition coefficient (Wildman–Crippen LogP) is 8.41. The Bertz CT molecular complexity index is 943. The third-order valence-corrected chi connectivity index (χ3v) is 15.2. The highest BCUT2D eigenvalue weighted by atomic mass is 31.1. The summed E-state index contributed by atoms with van der Waals surface area (Å²) in [7, 11) is 3.89. The van der Waals surface area contributed by atoms with Crippen LogP contribution in [0.1, 0.15) is 70.6 Å². The van der Waals surface area contributed by atoms with Gasteiger partial charge in [-0.25, -0.2) is 0 Å². The molecular formula is C33H45NP2. The van der Waals surface area contributed by atoms with Gasteiger partial charge in [0.2, 0.25) is 0 Å². The second-order valence-electron chi connectivity index (χ2n) is 11.3. The molecule has 0 radical (unpaired) electrons. The summed E-state index contributed by atoms with van der Waals surface area (Å²) in [6, 6.07) is 23.1. The van der Waals surface area contributed by atoms with Crippen molar-refractivity contribution in [3.8, 4) is 0 Å². The normalized spacial score (nSPS) is 21.9. The number of benzene rings is 2. The molecule has 36 heavy (non-hydrogen) atoms. The molecule has 0 saturated heterocycles. The van der Waals surface area contributed by atoms with Crippen molar-refractivity contribution in [3.05, 3.63) is 83.7 Å². The predicted molar refractivity (Wildman–Crippen MR) is 163 cm³/mol. The second-order valence-corrected chi connectivity index (χ2v) is 16.4. The van der Waals surface area contributed by atoms with Gasteiger partial charge in [0.05, 0.1) is 0 Å². The van der Waals surface area contributed by atoms with E-state index in [0.717, 1.165) is 17.9 Å². The van der Waals surface area contributed by atoms with E-state index in [1.54, 1.807) is 5.57 Å². The van der Waals surface area contributed by atoms with Gasteiger partial charge in [0.15, 0.2) is 0 Å². The summed E-state index contributed by atoms with van der Waals surface area (Å²) in [4.78, 5) is 2.37. The highest BCUT2D eigenvalue weighted by Crippen LogP contribution is 2.66. The number of hydrogen-bond donors (Lipinski definition) is 0. The van der Waals surface area contributed by atoms with E-state index >= 15 is 0 Å². The van der Waals surface area contributed by atoms with Gasteiger partial charge in [0.25, 0.3) is 0 Å². The standard InChI is InChI=1S/C33H45NP2/c1-34(2)26-25-27-23-24-32(35(28-15-7-3-8-16-28)29-17-9-4-10-18-29)33(27)36(30-19-11-5-12-20-30)31-21-13-6-14-22-31/h5-6,11-14,19-24,28-29,32H,3-4,7-10,15-18,25-26H2,1-2H3. The van der Waals surface area contributed by atoms with Crippen LogP contribution in [0.5, 0.6) is 0 Å². The fourth-order valence-corrected chi connectivity index (χ4v) is 14.3. The Morgan fingerprint density at radius 1 is 0.694 bits per heavy atom. The van der Waals surface area contributed by atoms with Crippen molar-refractivity contribution in [1.82, 2.24) is 4.90 Å². The first-order valence-electron chi connectivity index (χ1n) is 14.5. The first-order chi connectivity index (χ1) is 17.7. The van der Waals surface area contributed by atoms with Crippen molar-refractivity contribution < 1.29 is 0 Å². The molecule has 0 aliphatic heterocycles. The molecule has 2 saturated carbocycles. The zero-order valence-electron chi connectivity index (χ0n) is 22.5. The molecule has 0 heterocycles. The highest BCUT2D eigenvalue weighted by Gasteiger charge is 2.41. The van der Waals surface area contributed by atoms with Gasteiger partial charge in [-0.1, -0.05) is 119 Å². The van der Waals surface area contributed by atoms with Crippen molar-refractivity contribution in [1.29, 1.82) is 0 Å². The van der Waals surface area contributed by atoms with E-state index in [0.29, 0.717) is 5.66 Å². The molecule has 0 amide bonds. The quantitative estimate of drug-likeness (QED) is 0.302. The van der Waals surface area contributed by atoms with Gasteiger partial charge >= 0.3 is 0 Å². The lowest BCUT2D eigenvalue weighted by molar-refractivity contribution is 0.414. The average molecular weight is 518 g/mol. The zero-order valence-corrected chi connectivity index (χ0v) is 24.3. The van der Waals surface area contributed by atoms with Gasteiger partial charge in [-0.15, -0.1) is 0 Å². The highest BCUT2D eigenvalue weighted by molar-refractivity contribution is 7.78.